The molecule has 210 valence electrons. The Hall–Kier alpha value is -4.64. The summed E-state index contributed by atoms with van der Waals surface area (Å²) in [5.41, 5.74) is 9.09. The Labute approximate surface area is 247 Å². The summed E-state index contributed by atoms with van der Waals surface area (Å²) in [6.45, 7) is 4.48. The molecule has 0 amide bonds. The minimum absolute atomic E-state index is 0.135. The number of hydrogen-bond donors (Lipinski definition) is 0. The van der Waals surface area contributed by atoms with Gasteiger partial charge in [-0.3, -0.25) is 0 Å². The third kappa shape index (κ3) is 5.47. The highest BCUT2D eigenvalue weighted by Crippen LogP contribution is 2.46. The maximum Gasteiger partial charge on any atom is 0.188 e. The quantitative estimate of drug-likeness (QED) is 0.167. The smallest absolute Gasteiger partial charge is 0.188 e. The molecular weight excluding hydrogens is 520 g/mol. The minimum atomic E-state index is 0.135. The van der Waals surface area contributed by atoms with E-state index < -0.39 is 0 Å². The first-order valence-electron chi connectivity index (χ1n) is 14.1. The standard InChI is InChI=1S/C38H34O4/c1-25-5-9-27(10-6-25)29-13-17-33-31(21-29)15-19-35(41-23-39-3)37(33)38-34-18-14-30(28-11-7-26(2)8-12-28)22-32(34)16-20-36(38)42-24-40-4/h5-22H,23-24H2,1-4H3. The first-order chi connectivity index (χ1) is 20.6. The van der Waals surface area contributed by atoms with Crippen LogP contribution in [0.3, 0.4) is 0 Å². The van der Waals surface area contributed by atoms with E-state index in [1.165, 1.54) is 22.3 Å². The zero-order valence-corrected chi connectivity index (χ0v) is 24.4. The molecule has 0 unspecified atom stereocenters. The molecule has 0 aliphatic heterocycles. The summed E-state index contributed by atoms with van der Waals surface area (Å²) in [5.74, 6) is 1.45. The fraction of sp³-hybridized carbons (Fsp3) is 0.158. The van der Waals surface area contributed by atoms with Gasteiger partial charge in [0.15, 0.2) is 13.6 Å². The third-order valence-electron chi connectivity index (χ3n) is 7.65. The summed E-state index contributed by atoms with van der Waals surface area (Å²) in [5, 5.41) is 4.35. The molecule has 0 bridgehead atoms. The van der Waals surface area contributed by atoms with Gasteiger partial charge in [-0.05, 0) is 81.9 Å². The van der Waals surface area contributed by atoms with E-state index in [1.807, 2.05) is 12.1 Å². The topological polar surface area (TPSA) is 36.9 Å². The van der Waals surface area contributed by atoms with E-state index >= 15 is 0 Å². The molecule has 0 aromatic heterocycles. The summed E-state index contributed by atoms with van der Waals surface area (Å²) in [6.07, 6.45) is 0. The molecule has 0 aliphatic rings. The monoisotopic (exact) mass is 554 g/mol. The summed E-state index contributed by atoms with van der Waals surface area (Å²) in [6, 6.07) is 38.7. The molecule has 0 saturated heterocycles. The summed E-state index contributed by atoms with van der Waals surface area (Å²) >= 11 is 0. The minimum Gasteiger partial charge on any atom is -0.467 e. The Bertz CT molecular complexity index is 1720. The summed E-state index contributed by atoms with van der Waals surface area (Å²) < 4.78 is 23.0. The number of fused-ring (bicyclic) bond motifs is 2. The van der Waals surface area contributed by atoms with Crippen LogP contribution in [0, 0.1) is 13.8 Å². The van der Waals surface area contributed by atoms with Gasteiger partial charge in [0, 0.05) is 25.3 Å². The number of aryl methyl sites for hydroxylation is 2. The van der Waals surface area contributed by atoms with Crippen LogP contribution in [-0.4, -0.2) is 27.8 Å². The fourth-order valence-corrected chi connectivity index (χ4v) is 5.47. The van der Waals surface area contributed by atoms with Gasteiger partial charge in [-0.2, -0.15) is 0 Å². The van der Waals surface area contributed by atoms with Crippen molar-refractivity contribution in [2.45, 2.75) is 13.8 Å². The lowest BCUT2D eigenvalue weighted by Gasteiger charge is -2.20. The second-order valence-electron chi connectivity index (χ2n) is 10.6. The maximum absolute atomic E-state index is 6.18. The first-order valence-corrected chi connectivity index (χ1v) is 14.1. The van der Waals surface area contributed by atoms with Gasteiger partial charge in [0.2, 0.25) is 0 Å². The number of hydrogen-bond acceptors (Lipinski definition) is 4. The Morgan fingerprint density at radius 3 is 1.19 bits per heavy atom. The third-order valence-corrected chi connectivity index (χ3v) is 7.65. The van der Waals surface area contributed by atoms with Crippen molar-refractivity contribution in [1.29, 1.82) is 0 Å². The molecule has 6 aromatic rings. The van der Waals surface area contributed by atoms with E-state index in [9.17, 15) is 0 Å². The highest BCUT2D eigenvalue weighted by atomic mass is 16.7. The van der Waals surface area contributed by atoms with Crippen molar-refractivity contribution in [3.05, 3.63) is 120 Å². The van der Waals surface area contributed by atoms with Crippen molar-refractivity contribution < 1.29 is 18.9 Å². The second kappa shape index (κ2) is 12.1. The largest absolute Gasteiger partial charge is 0.467 e. The number of ether oxygens (including phenoxy) is 4. The van der Waals surface area contributed by atoms with E-state index in [2.05, 4.69) is 111 Å². The lowest BCUT2D eigenvalue weighted by atomic mass is 9.90. The van der Waals surface area contributed by atoms with Gasteiger partial charge in [0.05, 0.1) is 0 Å². The highest BCUT2D eigenvalue weighted by molar-refractivity contribution is 6.11. The Kier molecular flexibility index (Phi) is 7.91. The molecular formula is C38H34O4. The maximum atomic E-state index is 6.18. The van der Waals surface area contributed by atoms with Crippen LogP contribution >= 0.6 is 0 Å². The Morgan fingerprint density at radius 1 is 0.429 bits per heavy atom. The van der Waals surface area contributed by atoms with E-state index in [-0.39, 0.29) is 13.6 Å². The van der Waals surface area contributed by atoms with Crippen molar-refractivity contribution in [3.63, 3.8) is 0 Å². The Balaban J connectivity index is 1.59. The number of methoxy groups -OCH3 is 2. The van der Waals surface area contributed by atoms with Gasteiger partial charge >= 0.3 is 0 Å². The van der Waals surface area contributed by atoms with Crippen molar-refractivity contribution in [2.75, 3.05) is 27.8 Å². The molecule has 6 aromatic carbocycles. The average Bonchev–Trinajstić information content (AvgIpc) is 3.02. The predicted molar refractivity (Wildman–Crippen MR) is 172 cm³/mol. The first kappa shape index (κ1) is 27.5. The summed E-state index contributed by atoms with van der Waals surface area (Å²) in [4.78, 5) is 0. The van der Waals surface area contributed by atoms with Crippen molar-refractivity contribution in [3.8, 4) is 44.9 Å². The molecule has 4 heteroatoms. The predicted octanol–water partition coefficient (Wildman–Crippen LogP) is 9.58. The molecule has 0 atom stereocenters. The summed E-state index contributed by atoms with van der Waals surface area (Å²) in [7, 11) is 3.26. The van der Waals surface area contributed by atoms with Gasteiger partial charge in [0.1, 0.15) is 11.5 Å². The molecule has 0 fully saturated rings. The average molecular weight is 555 g/mol. The van der Waals surface area contributed by atoms with Gasteiger partial charge in [-0.1, -0.05) is 96.1 Å². The van der Waals surface area contributed by atoms with Gasteiger partial charge in [-0.15, -0.1) is 0 Å². The molecule has 0 heterocycles. The second-order valence-corrected chi connectivity index (χ2v) is 10.6. The number of rotatable bonds is 9. The SMILES string of the molecule is COCOc1ccc2cc(-c3ccc(C)cc3)ccc2c1-c1c(OCOC)ccc2cc(-c3ccc(C)cc3)ccc12. The van der Waals surface area contributed by atoms with Crippen LogP contribution in [0.25, 0.3) is 54.9 Å². The van der Waals surface area contributed by atoms with Gasteiger partial charge in [0.25, 0.3) is 0 Å². The molecule has 6 rings (SSSR count). The molecule has 4 nitrogen and oxygen atoms in total. The van der Waals surface area contributed by atoms with Crippen molar-refractivity contribution in [1.82, 2.24) is 0 Å². The molecule has 0 spiro atoms. The zero-order chi connectivity index (χ0) is 29.1. The number of benzene rings is 6. The van der Waals surface area contributed by atoms with Crippen LogP contribution in [0.4, 0.5) is 0 Å². The molecule has 42 heavy (non-hydrogen) atoms. The molecule has 0 aliphatic carbocycles. The van der Waals surface area contributed by atoms with E-state index in [0.717, 1.165) is 55.3 Å². The van der Waals surface area contributed by atoms with E-state index in [0.29, 0.717) is 0 Å². The van der Waals surface area contributed by atoms with Crippen LogP contribution < -0.4 is 9.47 Å². The highest BCUT2D eigenvalue weighted by Gasteiger charge is 2.20. The molecule has 0 saturated carbocycles. The van der Waals surface area contributed by atoms with Crippen LogP contribution in [0.5, 0.6) is 11.5 Å². The zero-order valence-electron chi connectivity index (χ0n) is 24.4. The van der Waals surface area contributed by atoms with E-state index in [4.69, 9.17) is 18.9 Å². The van der Waals surface area contributed by atoms with Gasteiger partial charge in [-0.25, -0.2) is 0 Å². The normalized spacial score (nSPS) is 11.2. The lowest BCUT2D eigenvalue weighted by Crippen LogP contribution is -2.04. The van der Waals surface area contributed by atoms with Crippen LogP contribution in [0.2, 0.25) is 0 Å². The van der Waals surface area contributed by atoms with E-state index in [1.54, 1.807) is 14.2 Å². The lowest BCUT2D eigenvalue weighted by molar-refractivity contribution is 0.0502. The van der Waals surface area contributed by atoms with Crippen LogP contribution in [0.15, 0.2) is 109 Å². The Morgan fingerprint density at radius 2 is 0.810 bits per heavy atom. The van der Waals surface area contributed by atoms with Gasteiger partial charge < -0.3 is 18.9 Å². The molecule has 0 N–H and O–H groups in total. The van der Waals surface area contributed by atoms with Crippen molar-refractivity contribution >= 4 is 21.5 Å². The van der Waals surface area contributed by atoms with Crippen LogP contribution in [0.1, 0.15) is 11.1 Å². The fourth-order valence-electron chi connectivity index (χ4n) is 5.47. The van der Waals surface area contributed by atoms with Crippen molar-refractivity contribution in [2.24, 2.45) is 0 Å². The van der Waals surface area contributed by atoms with Crippen LogP contribution in [-0.2, 0) is 9.47 Å². The molecule has 0 radical (unpaired) electrons.